The van der Waals surface area contributed by atoms with Crippen LogP contribution in [0.3, 0.4) is 0 Å². The molecular formula is C16H26N4O4. The number of hydrogen-bond acceptors (Lipinski definition) is 6. The van der Waals surface area contributed by atoms with Gasteiger partial charge in [-0.1, -0.05) is 6.07 Å². The number of carbonyl (C=O) groups is 2. The molecule has 1 aromatic rings. The third kappa shape index (κ3) is 8.96. The van der Waals surface area contributed by atoms with Crippen LogP contribution in [0.2, 0.25) is 0 Å². The van der Waals surface area contributed by atoms with Crippen LogP contribution in [0.15, 0.2) is 24.3 Å². The largest absolute Gasteiger partial charge is 0.448 e. The zero-order chi connectivity index (χ0) is 17.9. The Balaban J connectivity index is 2.42. The molecule has 0 spiro atoms. The van der Waals surface area contributed by atoms with Crippen LogP contribution < -0.4 is 10.6 Å². The molecule has 0 aliphatic carbocycles. The van der Waals surface area contributed by atoms with Gasteiger partial charge in [0.05, 0.1) is 0 Å². The standard InChI is InChI=1S/C16H26N4O4/c1-19(2)8-10-23-15(21)17-13-6-5-7-14(12-13)18-16(22)24-11-9-20(3)4/h5-7,12H,8-11H2,1-4H3,(H,17,21)(H,18,22). The van der Waals surface area contributed by atoms with Gasteiger partial charge in [0.1, 0.15) is 13.2 Å². The lowest BCUT2D eigenvalue weighted by molar-refractivity contribution is 0.150. The van der Waals surface area contributed by atoms with Crippen LogP contribution in [0, 0.1) is 0 Å². The lowest BCUT2D eigenvalue weighted by Crippen LogP contribution is -2.23. The van der Waals surface area contributed by atoms with E-state index in [1.165, 1.54) is 0 Å². The number of carbonyl (C=O) groups excluding carboxylic acids is 2. The maximum absolute atomic E-state index is 11.7. The minimum atomic E-state index is -0.539. The number of rotatable bonds is 8. The van der Waals surface area contributed by atoms with Crippen molar-refractivity contribution in [3.05, 3.63) is 24.3 Å². The van der Waals surface area contributed by atoms with Gasteiger partial charge in [0, 0.05) is 24.5 Å². The number of nitrogens with one attached hydrogen (secondary N) is 2. The summed E-state index contributed by atoms with van der Waals surface area (Å²) in [5.74, 6) is 0. The Bertz CT molecular complexity index is 491. The molecule has 0 saturated carbocycles. The zero-order valence-electron chi connectivity index (χ0n) is 14.7. The van der Waals surface area contributed by atoms with Crippen LogP contribution in [-0.4, -0.2) is 76.5 Å². The van der Waals surface area contributed by atoms with Crippen molar-refractivity contribution in [3.8, 4) is 0 Å². The predicted octanol–water partition coefficient (Wildman–Crippen LogP) is 1.91. The van der Waals surface area contributed by atoms with Gasteiger partial charge < -0.3 is 19.3 Å². The molecule has 1 aromatic carbocycles. The first-order valence-electron chi connectivity index (χ1n) is 7.64. The average molecular weight is 338 g/mol. The molecule has 0 heterocycles. The molecule has 0 aliphatic heterocycles. The molecule has 0 aliphatic rings. The summed E-state index contributed by atoms with van der Waals surface area (Å²) in [6.45, 7) is 1.89. The smallest absolute Gasteiger partial charge is 0.411 e. The first-order chi connectivity index (χ1) is 11.4. The Morgan fingerprint density at radius 2 is 1.29 bits per heavy atom. The van der Waals surface area contributed by atoms with Gasteiger partial charge in [0.15, 0.2) is 0 Å². The van der Waals surface area contributed by atoms with Gasteiger partial charge >= 0.3 is 12.2 Å². The van der Waals surface area contributed by atoms with E-state index in [0.29, 0.717) is 37.7 Å². The molecule has 8 heteroatoms. The van der Waals surface area contributed by atoms with Crippen LogP contribution in [0.5, 0.6) is 0 Å². The van der Waals surface area contributed by atoms with E-state index in [1.54, 1.807) is 24.3 Å². The molecule has 0 saturated heterocycles. The Labute approximate surface area is 142 Å². The fourth-order valence-corrected chi connectivity index (χ4v) is 1.62. The van der Waals surface area contributed by atoms with Gasteiger partial charge in [0.25, 0.3) is 0 Å². The highest BCUT2D eigenvalue weighted by atomic mass is 16.6. The minimum Gasteiger partial charge on any atom is -0.448 e. The summed E-state index contributed by atoms with van der Waals surface area (Å²) in [6, 6.07) is 6.75. The number of likely N-dealkylation sites (N-methyl/N-ethyl adjacent to an activating group) is 2. The second-order valence-corrected chi connectivity index (χ2v) is 5.71. The molecule has 0 bridgehead atoms. The Hall–Kier alpha value is -2.32. The molecule has 0 atom stereocenters. The lowest BCUT2D eigenvalue weighted by atomic mass is 10.3. The molecule has 8 nitrogen and oxygen atoms in total. The zero-order valence-corrected chi connectivity index (χ0v) is 14.7. The van der Waals surface area contributed by atoms with Crippen molar-refractivity contribution in [1.29, 1.82) is 0 Å². The Morgan fingerprint density at radius 1 is 0.875 bits per heavy atom. The summed E-state index contributed by atoms with van der Waals surface area (Å²) in [5, 5.41) is 5.22. The SMILES string of the molecule is CN(C)CCOC(=O)Nc1cccc(NC(=O)OCCN(C)C)c1. The fourth-order valence-electron chi connectivity index (χ4n) is 1.62. The van der Waals surface area contributed by atoms with Gasteiger partial charge in [0.2, 0.25) is 0 Å². The summed E-state index contributed by atoms with van der Waals surface area (Å²) in [4.78, 5) is 27.2. The highest BCUT2D eigenvalue weighted by molar-refractivity contribution is 5.88. The van der Waals surface area contributed by atoms with E-state index in [-0.39, 0.29) is 0 Å². The second kappa shape index (κ2) is 10.5. The Kier molecular flexibility index (Phi) is 8.59. The second-order valence-electron chi connectivity index (χ2n) is 5.71. The molecule has 0 aromatic heterocycles. The van der Waals surface area contributed by atoms with E-state index in [9.17, 15) is 9.59 Å². The Morgan fingerprint density at radius 3 is 1.67 bits per heavy atom. The van der Waals surface area contributed by atoms with Crippen molar-refractivity contribution in [2.24, 2.45) is 0 Å². The number of hydrogen-bond donors (Lipinski definition) is 2. The monoisotopic (exact) mass is 338 g/mol. The molecule has 0 radical (unpaired) electrons. The van der Waals surface area contributed by atoms with E-state index in [4.69, 9.17) is 9.47 Å². The fraction of sp³-hybridized carbons (Fsp3) is 0.500. The predicted molar refractivity (Wildman–Crippen MR) is 93.5 cm³/mol. The third-order valence-electron chi connectivity index (χ3n) is 2.90. The molecule has 2 N–H and O–H groups in total. The van der Waals surface area contributed by atoms with Crippen LogP contribution in [0.1, 0.15) is 0 Å². The van der Waals surface area contributed by atoms with Gasteiger partial charge in [-0.2, -0.15) is 0 Å². The molecular weight excluding hydrogens is 312 g/mol. The van der Waals surface area contributed by atoms with E-state index < -0.39 is 12.2 Å². The number of amides is 2. The van der Waals surface area contributed by atoms with Gasteiger partial charge in [-0.3, -0.25) is 10.6 Å². The van der Waals surface area contributed by atoms with Gasteiger partial charge in [-0.15, -0.1) is 0 Å². The van der Waals surface area contributed by atoms with Crippen LogP contribution in [0.4, 0.5) is 21.0 Å². The van der Waals surface area contributed by atoms with Crippen molar-refractivity contribution in [3.63, 3.8) is 0 Å². The van der Waals surface area contributed by atoms with Gasteiger partial charge in [-0.25, -0.2) is 9.59 Å². The number of nitrogens with zero attached hydrogens (tertiary/aromatic N) is 2. The van der Waals surface area contributed by atoms with Crippen LogP contribution in [-0.2, 0) is 9.47 Å². The van der Waals surface area contributed by atoms with Crippen LogP contribution in [0.25, 0.3) is 0 Å². The van der Waals surface area contributed by atoms with Crippen molar-refractivity contribution in [2.45, 2.75) is 0 Å². The van der Waals surface area contributed by atoms with E-state index in [0.717, 1.165) is 0 Å². The quantitative estimate of drug-likeness (QED) is 0.753. The molecule has 0 fully saturated rings. The van der Waals surface area contributed by atoms with Crippen molar-refractivity contribution < 1.29 is 19.1 Å². The number of benzene rings is 1. The highest BCUT2D eigenvalue weighted by Crippen LogP contribution is 2.15. The van der Waals surface area contributed by atoms with E-state index in [1.807, 2.05) is 38.0 Å². The normalized spacial score (nSPS) is 10.6. The topological polar surface area (TPSA) is 83.1 Å². The summed E-state index contributed by atoms with van der Waals surface area (Å²) in [5.41, 5.74) is 1.05. The molecule has 24 heavy (non-hydrogen) atoms. The molecule has 0 unspecified atom stereocenters. The maximum Gasteiger partial charge on any atom is 0.411 e. The average Bonchev–Trinajstić information content (AvgIpc) is 2.46. The minimum absolute atomic E-state index is 0.301. The lowest BCUT2D eigenvalue weighted by Gasteiger charge is -2.12. The van der Waals surface area contributed by atoms with Crippen molar-refractivity contribution in [1.82, 2.24) is 9.80 Å². The number of anilines is 2. The summed E-state index contributed by atoms with van der Waals surface area (Å²) >= 11 is 0. The molecule has 134 valence electrons. The van der Waals surface area contributed by atoms with Crippen molar-refractivity contribution in [2.75, 3.05) is 65.1 Å². The third-order valence-corrected chi connectivity index (χ3v) is 2.90. The summed E-state index contributed by atoms with van der Waals surface area (Å²) < 4.78 is 10.1. The highest BCUT2D eigenvalue weighted by Gasteiger charge is 2.07. The maximum atomic E-state index is 11.7. The first-order valence-corrected chi connectivity index (χ1v) is 7.64. The number of ether oxygens (including phenoxy) is 2. The molecule has 2 amide bonds. The summed E-state index contributed by atoms with van der Waals surface area (Å²) in [6.07, 6.45) is -1.08. The van der Waals surface area contributed by atoms with E-state index >= 15 is 0 Å². The van der Waals surface area contributed by atoms with E-state index in [2.05, 4.69) is 10.6 Å². The van der Waals surface area contributed by atoms with Crippen molar-refractivity contribution >= 4 is 23.6 Å². The van der Waals surface area contributed by atoms with Gasteiger partial charge in [-0.05, 0) is 46.4 Å². The first kappa shape index (κ1) is 19.7. The van der Waals surface area contributed by atoms with Crippen LogP contribution >= 0.6 is 0 Å². The molecule has 1 rings (SSSR count). The summed E-state index contributed by atoms with van der Waals surface area (Å²) in [7, 11) is 7.59.